The third-order valence-corrected chi connectivity index (χ3v) is 4.04. The first kappa shape index (κ1) is 13.7. The van der Waals surface area contributed by atoms with Crippen LogP contribution in [-0.2, 0) is 11.8 Å². The summed E-state index contributed by atoms with van der Waals surface area (Å²) in [4.78, 5) is 26.7. The topological polar surface area (TPSA) is 63.9 Å². The summed E-state index contributed by atoms with van der Waals surface area (Å²) in [5.41, 5.74) is 2.79. The fourth-order valence-corrected chi connectivity index (χ4v) is 2.92. The molecule has 6 nitrogen and oxygen atoms in total. The van der Waals surface area contributed by atoms with Gasteiger partial charge in [0.2, 0.25) is 5.91 Å². The highest BCUT2D eigenvalue weighted by molar-refractivity contribution is 5.73. The molecule has 2 aromatic heterocycles. The number of aromatic nitrogens is 4. The SMILES string of the molecule is CC(=O)N1CCC[C@H](c2nccnc2-c2cncn2C)C1. The lowest BCUT2D eigenvalue weighted by atomic mass is 9.92. The molecule has 1 saturated heterocycles. The third-order valence-electron chi connectivity index (χ3n) is 4.04. The minimum Gasteiger partial charge on any atom is -0.342 e. The third kappa shape index (κ3) is 2.66. The van der Waals surface area contributed by atoms with E-state index in [1.165, 1.54) is 0 Å². The number of carbonyl (C=O) groups excluding carboxylic acids is 1. The van der Waals surface area contributed by atoms with Crippen LogP contribution in [0.4, 0.5) is 0 Å². The smallest absolute Gasteiger partial charge is 0.219 e. The Morgan fingerprint density at radius 2 is 2.14 bits per heavy atom. The molecule has 3 heterocycles. The van der Waals surface area contributed by atoms with Crippen LogP contribution in [-0.4, -0.2) is 43.4 Å². The van der Waals surface area contributed by atoms with Crippen molar-refractivity contribution in [2.24, 2.45) is 7.05 Å². The van der Waals surface area contributed by atoms with Gasteiger partial charge in [0.15, 0.2) is 0 Å². The molecule has 0 N–H and O–H groups in total. The number of likely N-dealkylation sites (tertiary alicyclic amines) is 1. The van der Waals surface area contributed by atoms with E-state index in [9.17, 15) is 4.79 Å². The van der Waals surface area contributed by atoms with Crippen molar-refractivity contribution in [3.8, 4) is 11.4 Å². The van der Waals surface area contributed by atoms with E-state index in [0.717, 1.165) is 43.0 Å². The van der Waals surface area contributed by atoms with Gasteiger partial charge >= 0.3 is 0 Å². The summed E-state index contributed by atoms with van der Waals surface area (Å²) in [5, 5.41) is 0. The molecule has 0 aliphatic carbocycles. The van der Waals surface area contributed by atoms with Crippen LogP contribution in [0.5, 0.6) is 0 Å². The number of piperidine rings is 1. The van der Waals surface area contributed by atoms with Crippen molar-refractivity contribution in [2.45, 2.75) is 25.7 Å². The normalized spacial score (nSPS) is 18.8. The van der Waals surface area contributed by atoms with Crippen LogP contribution in [0, 0.1) is 0 Å². The first-order chi connectivity index (χ1) is 10.2. The van der Waals surface area contributed by atoms with E-state index in [1.807, 2.05) is 16.5 Å². The molecule has 2 aromatic rings. The first-order valence-corrected chi connectivity index (χ1v) is 7.20. The Kier molecular flexibility index (Phi) is 3.68. The number of nitrogens with zero attached hydrogens (tertiary/aromatic N) is 5. The minimum atomic E-state index is 0.130. The average Bonchev–Trinajstić information content (AvgIpc) is 2.93. The molecule has 0 aromatic carbocycles. The summed E-state index contributed by atoms with van der Waals surface area (Å²) in [6.45, 7) is 3.19. The highest BCUT2D eigenvalue weighted by atomic mass is 16.2. The minimum absolute atomic E-state index is 0.130. The van der Waals surface area contributed by atoms with E-state index in [4.69, 9.17) is 0 Å². The van der Waals surface area contributed by atoms with E-state index in [-0.39, 0.29) is 11.8 Å². The zero-order valence-electron chi connectivity index (χ0n) is 12.4. The molecule has 0 saturated carbocycles. The molecular formula is C15H19N5O. The maximum Gasteiger partial charge on any atom is 0.219 e. The molecule has 3 rings (SSSR count). The van der Waals surface area contributed by atoms with Gasteiger partial charge in [0, 0.05) is 45.4 Å². The molecule has 0 radical (unpaired) electrons. The van der Waals surface area contributed by atoms with Crippen molar-refractivity contribution in [1.29, 1.82) is 0 Å². The Bertz CT molecular complexity index is 651. The Morgan fingerprint density at radius 1 is 1.33 bits per heavy atom. The quantitative estimate of drug-likeness (QED) is 0.841. The summed E-state index contributed by atoms with van der Waals surface area (Å²) in [6.07, 6.45) is 9.04. The molecule has 1 amide bonds. The molecule has 1 atom stereocenters. The van der Waals surface area contributed by atoms with Gasteiger partial charge in [0.25, 0.3) is 0 Å². The maximum absolute atomic E-state index is 11.6. The zero-order chi connectivity index (χ0) is 14.8. The van der Waals surface area contributed by atoms with Gasteiger partial charge in [-0.1, -0.05) is 0 Å². The van der Waals surface area contributed by atoms with Gasteiger partial charge in [0.1, 0.15) is 5.69 Å². The molecule has 0 unspecified atom stereocenters. The molecule has 1 fully saturated rings. The van der Waals surface area contributed by atoms with Gasteiger partial charge in [-0.05, 0) is 12.8 Å². The van der Waals surface area contributed by atoms with Crippen molar-refractivity contribution in [3.05, 3.63) is 30.6 Å². The average molecular weight is 285 g/mol. The van der Waals surface area contributed by atoms with E-state index in [0.29, 0.717) is 0 Å². The first-order valence-electron chi connectivity index (χ1n) is 7.20. The number of rotatable bonds is 2. The summed E-state index contributed by atoms with van der Waals surface area (Å²) < 4.78 is 1.94. The van der Waals surface area contributed by atoms with Gasteiger partial charge in [-0.2, -0.15) is 0 Å². The highest BCUT2D eigenvalue weighted by Crippen LogP contribution is 2.31. The molecule has 21 heavy (non-hydrogen) atoms. The van der Waals surface area contributed by atoms with Crippen molar-refractivity contribution in [1.82, 2.24) is 24.4 Å². The molecule has 1 aliphatic rings. The number of carbonyl (C=O) groups is 1. The van der Waals surface area contributed by atoms with E-state index in [1.54, 1.807) is 31.8 Å². The van der Waals surface area contributed by atoms with Crippen molar-refractivity contribution < 1.29 is 4.79 Å². The lowest BCUT2D eigenvalue weighted by Crippen LogP contribution is -2.38. The molecule has 0 bridgehead atoms. The van der Waals surface area contributed by atoms with Crippen LogP contribution in [0.15, 0.2) is 24.9 Å². The summed E-state index contributed by atoms with van der Waals surface area (Å²) in [6, 6.07) is 0. The van der Waals surface area contributed by atoms with E-state index < -0.39 is 0 Å². The standard InChI is InChI=1S/C15H19N5O/c1-11(21)20-7-3-4-12(9-20)14-15(18-6-5-17-14)13-8-16-10-19(13)2/h5-6,8,10,12H,3-4,7,9H2,1-2H3/t12-/m0/s1. The summed E-state index contributed by atoms with van der Waals surface area (Å²) >= 11 is 0. The number of amides is 1. The fraction of sp³-hybridized carbons (Fsp3) is 0.467. The number of hydrogen-bond donors (Lipinski definition) is 0. The van der Waals surface area contributed by atoms with Crippen LogP contribution < -0.4 is 0 Å². The van der Waals surface area contributed by atoms with Crippen LogP contribution in [0.3, 0.4) is 0 Å². The molecule has 1 aliphatic heterocycles. The Hall–Kier alpha value is -2.24. The zero-order valence-corrected chi connectivity index (χ0v) is 12.4. The van der Waals surface area contributed by atoms with Gasteiger partial charge in [-0.3, -0.25) is 14.8 Å². The van der Waals surface area contributed by atoms with Crippen molar-refractivity contribution in [3.63, 3.8) is 0 Å². The maximum atomic E-state index is 11.6. The van der Waals surface area contributed by atoms with Gasteiger partial charge in [-0.25, -0.2) is 4.98 Å². The number of imidazole rings is 1. The highest BCUT2D eigenvalue weighted by Gasteiger charge is 2.27. The van der Waals surface area contributed by atoms with Gasteiger partial charge in [-0.15, -0.1) is 0 Å². The van der Waals surface area contributed by atoms with Crippen LogP contribution >= 0.6 is 0 Å². The predicted octanol–water partition coefficient (Wildman–Crippen LogP) is 1.60. The van der Waals surface area contributed by atoms with Crippen LogP contribution in [0.2, 0.25) is 0 Å². The van der Waals surface area contributed by atoms with E-state index >= 15 is 0 Å². The fourth-order valence-electron chi connectivity index (χ4n) is 2.92. The molecule has 110 valence electrons. The lowest BCUT2D eigenvalue weighted by molar-refractivity contribution is -0.130. The van der Waals surface area contributed by atoms with E-state index in [2.05, 4.69) is 15.0 Å². The van der Waals surface area contributed by atoms with Crippen molar-refractivity contribution in [2.75, 3.05) is 13.1 Å². The number of hydrogen-bond acceptors (Lipinski definition) is 4. The Balaban J connectivity index is 1.96. The monoisotopic (exact) mass is 285 g/mol. The second-order valence-electron chi connectivity index (χ2n) is 5.48. The molecular weight excluding hydrogens is 266 g/mol. The molecule has 0 spiro atoms. The largest absolute Gasteiger partial charge is 0.342 e. The van der Waals surface area contributed by atoms with Gasteiger partial charge in [0.05, 0.1) is 23.9 Å². The predicted molar refractivity (Wildman–Crippen MR) is 78.5 cm³/mol. The van der Waals surface area contributed by atoms with Crippen molar-refractivity contribution >= 4 is 5.91 Å². The Labute approximate surface area is 123 Å². The summed E-state index contributed by atoms with van der Waals surface area (Å²) in [5.74, 6) is 0.368. The number of aryl methyl sites for hydroxylation is 1. The molecule has 6 heteroatoms. The lowest BCUT2D eigenvalue weighted by Gasteiger charge is -2.32. The Morgan fingerprint density at radius 3 is 2.86 bits per heavy atom. The van der Waals surface area contributed by atoms with Gasteiger partial charge < -0.3 is 9.47 Å². The second-order valence-corrected chi connectivity index (χ2v) is 5.48. The summed E-state index contributed by atoms with van der Waals surface area (Å²) in [7, 11) is 1.95. The van der Waals surface area contributed by atoms with Crippen LogP contribution in [0.1, 0.15) is 31.4 Å². The van der Waals surface area contributed by atoms with Crippen LogP contribution in [0.25, 0.3) is 11.4 Å². The second kappa shape index (κ2) is 5.63.